The predicted molar refractivity (Wildman–Crippen MR) is 103 cm³/mol. The van der Waals surface area contributed by atoms with E-state index in [0.717, 1.165) is 0 Å². The van der Waals surface area contributed by atoms with Crippen molar-refractivity contribution in [1.29, 1.82) is 0 Å². The van der Waals surface area contributed by atoms with Gasteiger partial charge in [-0.15, -0.1) is 0 Å². The summed E-state index contributed by atoms with van der Waals surface area (Å²) in [5, 5.41) is 0. The van der Waals surface area contributed by atoms with Crippen LogP contribution in [0.1, 0.15) is 80.1 Å². The van der Waals surface area contributed by atoms with Crippen LogP contribution in [0.25, 0.3) is 0 Å². The zero-order chi connectivity index (χ0) is 17.5. The summed E-state index contributed by atoms with van der Waals surface area (Å²) in [4.78, 5) is 0. The zero-order valence-corrected chi connectivity index (χ0v) is 19.6. The van der Waals surface area contributed by atoms with Crippen molar-refractivity contribution in [2.75, 3.05) is 53.4 Å². The highest BCUT2D eigenvalue weighted by Gasteiger charge is 2.17. The molecule has 0 aliphatic rings. The van der Waals surface area contributed by atoms with E-state index in [1.54, 1.807) is 0 Å². The number of halogens is 2. The maximum absolute atomic E-state index is 2.39. The smallest absolute Gasteiger partial charge is 0.0781 e. The Labute approximate surface area is 167 Å². The number of hydrogen-bond acceptors (Lipinski definition) is 0. The van der Waals surface area contributed by atoms with Crippen molar-refractivity contribution in [2.45, 2.75) is 80.1 Å². The van der Waals surface area contributed by atoms with Crippen LogP contribution in [0, 0.1) is 0 Å². The van der Waals surface area contributed by atoms with Crippen molar-refractivity contribution in [3.63, 3.8) is 0 Å². The molecule has 0 N–H and O–H groups in total. The summed E-state index contributed by atoms with van der Waals surface area (Å²) >= 11 is 0. The topological polar surface area (TPSA) is 0 Å². The van der Waals surface area contributed by atoms with Crippen molar-refractivity contribution >= 4 is 0 Å². The molecule has 0 rings (SSSR count). The lowest BCUT2D eigenvalue weighted by Gasteiger charge is -2.33. The van der Waals surface area contributed by atoms with Gasteiger partial charge in [-0.1, -0.05) is 41.5 Å². The zero-order valence-electron chi connectivity index (χ0n) is 18.1. The number of hydrogen-bond donors (Lipinski definition) is 0. The third kappa shape index (κ3) is 17.3. The highest BCUT2D eigenvalue weighted by Crippen LogP contribution is 2.07. The average Bonchev–Trinajstić information content (AvgIpc) is 2.40. The normalized spacial score (nSPS) is 11.0. The van der Waals surface area contributed by atoms with Crippen LogP contribution < -0.4 is 24.8 Å². The summed E-state index contributed by atoms with van der Waals surface area (Å²) in [5.74, 6) is 0. The van der Waals surface area contributed by atoms with Crippen LogP contribution in [0.4, 0.5) is 0 Å². The quantitative estimate of drug-likeness (QED) is 0.390. The van der Waals surface area contributed by atoms with E-state index in [-0.39, 0.29) is 24.8 Å². The van der Waals surface area contributed by atoms with Gasteiger partial charge in [-0.25, -0.2) is 0 Å². The summed E-state index contributed by atoms with van der Waals surface area (Å²) in [6.07, 6.45) is 7.90. The van der Waals surface area contributed by atoms with Crippen molar-refractivity contribution < 1.29 is 33.8 Å². The van der Waals surface area contributed by atoms with Crippen LogP contribution in [0.15, 0.2) is 0 Å². The summed E-state index contributed by atoms with van der Waals surface area (Å²) in [6, 6.07) is 0. The first-order chi connectivity index (χ1) is 10.4. The van der Waals surface area contributed by atoms with Crippen LogP contribution in [0.5, 0.6) is 0 Å². The molecular formula is C20H48Cl2N2. The lowest BCUT2D eigenvalue weighted by atomic mass is 10.2. The van der Waals surface area contributed by atoms with E-state index in [0.29, 0.717) is 0 Å². The third-order valence-electron chi connectivity index (χ3n) is 4.58. The molecule has 0 aliphatic carbocycles. The lowest BCUT2D eigenvalue weighted by Crippen LogP contribution is -3.00. The predicted octanol–water partition coefficient (Wildman–Crippen LogP) is -0.666. The summed E-state index contributed by atoms with van der Waals surface area (Å²) in [6.45, 7) is 21.8. The second-order valence-corrected chi connectivity index (χ2v) is 7.58. The molecule has 0 aliphatic heterocycles. The lowest BCUT2D eigenvalue weighted by molar-refractivity contribution is -0.909. The molecule has 24 heavy (non-hydrogen) atoms. The molecule has 0 amide bonds. The molecule has 0 heterocycles. The second-order valence-electron chi connectivity index (χ2n) is 7.58. The van der Waals surface area contributed by atoms with Crippen molar-refractivity contribution in [3.05, 3.63) is 0 Å². The average molecular weight is 388 g/mol. The molecule has 0 bridgehead atoms. The van der Waals surface area contributed by atoms with Crippen molar-refractivity contribution in [1.82, 2.24) is 0 Å². The molecule has 0 unspecified atom stereocenters. The largest absolute Gasteiger partial charge is 1.00 e. The number of nitrogens with zero attached hydrogens (tertiary/aromatic N) is 2. The molecular weight excluding hydrogens is 339 g/mol. The fraction of sp³-hybridized carbons (Fsp3) is 1.00. The summed E-state index contributed by atoms with van der Waals surface area (Å²) < 4.78 is 2.56. The van der Waals surface area contributed by atoms with E-state index in [1.807, 2.05) is 0 Å². The molecule has 0 aromatic heterocycles. The minimum Gasteiger partial charge on any atom is -1.00 e. The van der Waals surface area contributed by atoms with Crippen LogP contribution in [-0.4, -0.2) is 62.3 Å². The molecule has 0 fully saturated rings. The van der Waals surface area contributed by atoms with Gasteiger partial charge in [-0.05, 0) is 38.5 Å². The van der Waals surface area contributed by atoms with Gasteiger partial charge in [-0.2, -0.15) is 0 Å². The maximum Gasteiger partial charge on any atom is 0.0781 e. The van der Waals surface area contributed by atoms with E-state index < -0.39 is 0 Å². The molecule has 0 saturated carbocycles. The molecule has 0 spiro atoms. The van der Waals surface area contributed by atoms with Crippen LogP contribution in [-0.2, 0) is 0 Å². The summed E-state index contributed by atoms with van der Waals surface area (Å²) in [5.41, 5.74) is 0. The van der Waals surface area contributed by atoms with Crippen molar-refractivity contribution in [2.24, 2.45) is 0 Å². The monoisotopic (exact) mass is 386 g/mol. The van der Waals surface area contributed by atoms with Gasteiger partial charge in [0, 0.05) is 0 Å². The minimum absolute atomic E-state index is 0. The van der Waals surface area contributed by atoms with Gasteiger partial charge in [0.25, 0.3) is 0 Å². The first kappa shape index (κ1) is 32.2. The molecule has 0 aromatic rings. The second kappa shape index (κ2) is 19.8. The first-order valence-electron chi connectivity index (χ1n) is 10.0. The van der Waals surface area contributed by atoms with E-state index >= 15 is 0 Å². The molecule has 0 atom stereocenters. The van der Waals surface area contributed by atoms with Crippen LogP contribution in [0.2, 0.25) is 0 Å². The first-order valence-corrected chi connectivity index (χ1v) is 10.0. The third-order valence-corrected chi connectivity index (χ3v) is 4.58. The van der Waals surface area contributed by atoms with Crippen LogP contribution >= 0.6 is 0 Å². The number of rotatable bonds is 12. The van der Waals surface area contributed by atoms with E-state index in [9.17, 15) is 0 Å². The van der Waals surface area contributed by atoms with Gasteiger partial charge >= 0.3 is 0 Å². The fourth-order valence-corrected chi connectivity index (χ4v) is 3.91. The molecule has 2 nitrogen and oxygen atoms in total. The Morgan fingerprint density at radius 2 is 0.500 bits per heavy atom. The highest BCUT2D eigenvalue weighted by atomic mass is 35.5. The molecule has 0 saturated heterocycles. The Bertz CT molecular complexity index is 178. The SMILES string of the molecule is CCC[N+](C)(CCC)CCC.CCC[N+](C)(CCC)CCC.[Cl-].[Cl-]. The number of quaternary nitrogens is 2. The van der Waals surface area contributed by atoms with Crippen LogP contribution in [0.3, 0.4) is 0 Å². The Morgan fingerprint density at radius 1 is 0.375 bits per heavy atom. The Balaban J connectivity index is -0.000000154. The summed E-state index contributed by atoms with van der Waals surface area (Å²) in [7, 11) is 4.77. The minimum atomic E-state index is 0. The van der Waals surface area contributed by atoms with Crippen molar-refractivity contribution in [3.8, 4) is 0 Å². The van der Waals surface area contributed by atoms with Gasteiger partial charge in [0.1, 0.15) is 0 Å². The maximum atomic E-state index is 2.39. The molecule has 0 radical (unpaired) electrons. The van der Waals surface area contributed by atoms with Gasteiger partial charge in [-0.3, -0.25) is 0 Å². The standard InChI is InChI=1S/2C10H24N.2ClH/c2*1-5-8-11(4,9-6-2)10-7-3;;/h2*5-10H2,1-4H3;2*1H/q2*+1;;/p-2. The van der Waals surface area contributed by atoms with Gasteiger partial charge < -0.3 is 33.8 Å². The fourth-order valence-electron chi connectivity index (χ4n) is 3.91. The van der Waals surface area contributed by atoms with Gasteiger partial charge in [0.2, 0.25) is 0 Å². The van der Waals surface area contributed by atoms with Gasteiger partial charge in [0.15, 0.2) is 0 Å². The highest BCUT2D eigenvalue weighted by molar-refractivity contribution is 4.38. The molecule has 0 aromatic carbocycles. The van der Waals surface area contributed by atoms with E-state index in [2.05, 4.69) is 55.6 Å². The van der Waals surface area contributed by atoms with E-state index in [1.165, 1.54) is 86.8 Å². The Kier molecular flexibility index (Phi) is 26.6. The molecule has 152 valence electrons. The Hall–Kier alpha value is 0.500. The van der Waals surface area contributed by atoms with E-state index in [4.69, 9.17) is 0 Å². The molecule has 4 heteroatoms. The van der Waals surface area contributed by atoms with Gasteiger partial charge in [0.05, 0.1) is 53.4 Å². The Morgan fingerprint density at radius 3 is 0.583 bits per heavy atom.